The van der Waals surface area contributed by atoms with Crippen molar-refractivity contribution in [1.82, 2.24) is 0 Å². The van der Waals surface area contributed by atoms with Crippen LogP contribution in [-0.4, -0.2) is 24.1 Å². The van der Waals surface area contributed by atoms with Crippen LogP contribution in [0.2, 0.25) is 0 Å². The summed E-state index contributed by atoms with van der Waals surface area (Å²) >= 11 is 0. The van der Waals surface area contributed by atoms with Gasteiger partial charge in [0.2, 0.25) is 0 Å². The molecule has 110 valence electrons. The van der Waals surface area contributed by atoms with E-state index in [-0.39, 0.29) is 0 Å². The van der Waals surface area contributed by atoms with Crippen LogP contribution >= 0.6 is 0 Å². The fraction of sp³-hybridized carbons (Fsp3) is 0.667. The SMILES string of the molecule is C=C(/C=C\C)C[N@@+](C)(/C=C\C(C)CC(C)C)C(C)C. The number of allylic oxidation sites excluding steroid dienone is 2. The zero-order chi connectivity index (χ0) is 15.1. The molecule has 19 heavy (non-hydrogen) atoms. The summed E-state index contributed by atoms with van der Waals surface area (Å²) in [5.41, 5.74) is 1.19. The monoisotopic (exact) mass is 264 g/mol. The molecule has 0 aromatic carbocycles. The van der Waals surface area contributed by atoms with E-state index in [4.69, 9.17) is 0 Å². The maximum Gasteiger partial charge on any atom is 0.108 e. The highest BCUT2D eigenvalue weighted by Gasteiger charge is 2.23. The molecular formula is C18H34N+. The first-order valence-corrected chi connectivity index (χ1v) is 7.56. The van der Waals surface area contributed by atoms with E-state index in [1.54, 1.807) is 0 Å². The Morgan fingerprint density at radius 3 is 2.16 bits per heavy atom. The van der Waals surface area contributed by atoms with Gasteiger partial charge in [-0.2, -0.15) is 0 Å². The Kier molecular flexibility index (Phi) is 8.01. The fourth-order valence-corrected chi connectivity index (χ4v) is 2.30. The van der Waals surface area contributed by atoms with Crippen molar-refractivity contribution in [3.63, 3.8) is 0 Å². The molecule has 0 bridgehead atoms. The zero-order valence-corrected chi connectivity index (χ0v) is 14.1. The molecule has 0 spiro atoms. The summed E-state index contributed by atoms with van der Waals surface area (Å²) in [6, 6.07) is 0.560. The lowest BCUT2D eigenvalue weighted by Crippen LogP contribution is -2.45. The van der Waals surface area contributed by atoms with Crippen molar-refractivity contribution in [2.45, 2.75) is 54.0 Å². The minimum Gasteiger partial charge on any atom is -0.294 e. The lowest BCUT2D eigenvalue weighted by atomic mass is 9.99. The third kappa shape index (κ3) is 7.37. The Hall–Kier alpha value is -0.820. The highest BCUT2D eigenvalue weighted by molar-refractivity contribution is 5.14. The molecule has 0 rings (SSSR count). The molecule has 0 saturated carbocycles. The lowest BCUT2D eigenvalue weighted by molar-refractivity contribution is -0.876. The van der Waals surface area contributed by atoms with Gasteiger partial charge < -0.3 is 0 Å². The van der Waals surface area contributed by atoms with Crippen LogP contribution in [0, 0.1) is 11.8 Å². The van der Waals surface area contributed by atoms with Crippen LogP contribution in [-0.2, 0) is 0 Å². The first-order valence-electron chi connectivity index (χ1n) is 7.56. The van der Waals surface area contributed by atoms with E-state index in [2.05, 4.69) is 72.7 Å². The summed E-state index contributed by atoms with van der Waals surface area (Å²) < 4.78 is 0.922. The molecule has 0 saturated heterocycles. The Morgan fingerprint density at radius 1 is 1.16 bits per heavy atom. The Labute approximate surface area is 121 Å². The molecule has 0 amide bonds. The Morgan fingerprint density at radius 2 is 1.74 bits per heavy atom. The molecule has 1 unspecified atom stereocenters. The third-order valence-electron chi connectivity index (χ3n) is 3.72. The average molecular weight is 264 g/mol. The van der Waals surface area contributed by atoms with Crippen LogP contribution in [0.5, 0.6) is 0 Å². The average Bonchev–Trinajstić information content (AvgIpc) is 2.25. The third-order valence-corrected chi connectivity index (χ3v) is 3.72. The second-order valence-corrected chi connectivity index (χ2v) is 6.71. The van der Waals surface area contributed by atoms with Crippen molar-refractivity contribution in [3.05, 3.63) is 36.6 Å². The van der Waals surface area contributed by atoms with Gasteiger partial charge in [-0.05, 0) is 50.7 Å². The van der Waals surface area contributed by atoms with Gasteiger partial charge in [0.1, 0.15) is 6.54 Å². The summed E-state index contributed by atoms with van der Waals surface area (Å²) in [4.78, 5) is 0. The minimum absolute atomic E-state index is 0.560. The van der Waals surface area contributed by atoms with Crippen LogP contribution in [0.15, 0.2) is 36.6 Å². The second-order valence-electron chi connectivity index (χ2n) is 6.71. The van der Waals surface area contributed by atoms with Gasteiger partial charge in [-0.1, -0.05) is 39.5 Å². The molecule has 1 nitrogen and oxygen atoms in total. The number of rotatable bonds is 8. The fourth-order valence-electron chi connectivity index (χ4n) is 2.30. The summed E-state index contributed by atoms with van der Waals surface area (Å²) in [5.74, 6) is 1.40. The van der Waals surface area contributed by atoms with Crippen LogP contribution in [0.3, 0.4) is 0 Å². The van der Waals surface area contributed by atoms with Gasteiger partial charge in [0.15, 0.2) is 0 Å². The van der Waals surface area contributed by atoms with Crippen molar-refractivity contribution in [1.29, 1.82) is 0 Å². The lowest BCUT2D eigenvalue weighted by Gasteiger charge is -2.35. The van der Waals surface area contributed by atoms with Crippen molar-refractivity contribution in [2.75, 3.05) is 13.6 Å². The Bertz CT molecular complexity index is 323. The van der Waals surface area contributed by atoms with Gasteiger partial charge in [-0.25, -0.2) is 0 Å². The topological polar surface area (TPSA) is 0 Å². The van der Waals surface area contributed by atoms with E-state index in [0.29, 0.717) is 12.0 Å². The predicted molar refractivity (Wildman–Crippen MR) is 87.9 cm³/mol. The van der Waals surface area contributed by atoms with Gasteiger partial charge in [-0.3, -0.25) is 4.48 Å². The molecule has 0 N–H and O–H groups in total. The van der Waals surface area contributed by atoms with Crippen LogP contribution in [0.4, 0.5) is 0 Å². The molecule has 0 aliphatic heterocycles. The first-order chi connectivity index (χ1) is 8.71. The molecule has 0 aromatic heterocycles. The summed E-state index contributed by atoms with van der Waals surface area (Å²) in [7, 11) is 2.29. The number of hydrogen-bond donors (Lipinski definition) is 0. The van der Waals surface area contributed by atoms with Gasteiger partial charge in [-0.15, -0.1) is 0 Å². The van der Waals surface area contributed by atoms with E-state index in [9.17, 15) is 0 Å². The molecule has 1 heteroatoms. The summed E-state index contributed by atoms with van der Waals surface area (Å²) in [6.07, 6.45) is 10.2. The largest absolute Gasteiger partial charge is 0.294 e. The highest BCUT2D eigenvalue weighted by atomic mass is 15.3. The molecule has 0 fully saturated rings. The molecule has 0 aliphatic rings. The first kappa shape index (κ1) is 18.2. The number of quaternary nitrogens is 1. The summed E-state index contributed by atoms with van der Waals surface area (Å²) in [6.45, 7) is 18.6. The molecule has 0 heterocycles. The van der Waals surface area contributed by atoms with E-state index < -0.39 is 0 Å². The van der Waals surface area contributed by atoms with Gasteiger partial charge >= 0.3 is 0 Å². The Balaban J connectivity index is 4.80. The van der Waals surface area contributed by atoms with Gasteiger partial charge in [0.05, 0.1) is 19.3 Å². The second kappa shape index (κ2) is 8.37. The maximum atomic E-state index is 4.15. The van der Waals surface area contributed by atoms with Crippen LogP contribution < -0.4 is 0 Å². The van der Waals surface area contributed by atoms with Crippen molar-refractivity contribution < 1.29 is 4.48 Å². The highest BCUT2D eigenvalue weighted by Crippen LogP contribution is 2.18. The maximum absolute atomic E-state index is 4.15. The van der Waals surface area contributed by atoms with Crippen LogP contribution in [0.1, 0.15) is 48.0 Å². The number of nitrogens with zero attached hydrogens (tertiary/aromatic N) is 1. The molecule has 0 aliphatic carbocycles. The smallest absolute Gasteiger partial charge is 0.108 e. The van der Waals surface area contributed by atoms with E-state index in [0.717, 1.165) is 16.9 Å². The van der Waals surface area contributed by atoms with E-state index >= 15 is 0 Å². The van der Waals surface area contributed by atoms with Gasteiger partial charge in [0.25, 0.3) is 0 Å². The number of hydrogen-bond acceptors (Lipinski definition) is 0. The summed E-state index contributed by atoms with van der Waals surface area (Å²) in [5, 5.41) is 0. The molecular weight excluding hydrogens is 230 g/mol. The molecule has 2 atom stereocenters. The van der Waals surface area contributed by atoms with Crippen molar-refractivity contribution in [3.8, 4) is 0 Å². The standard InChI is InChI=1S/C18H34N/c1-9-10-18(7)14-19(8,16(4)5)12-11-17(6)13-15(2)3/h9-12,15-17H,7,13-14H2,1-6,8H3/q+1/b10-9-,12-11-/t17?,19-/m1/s1. The van der Waals surface area contributed by atoms with E-state index in [1.165, 1.54) is 12.0 Å². The van der Waals surface area contributed by atoms with Crippen molar-refractivity contribution >= 4 is 0 Å². The zero-order valence-electron chi connectivity index (χ0n) is 14.1. The minimum atomic E-state index is 0.560. The van der Waals surface area contributed by atoms with E-state index in [1.807, 2.05) is 6.92 Å². The predicted octanol–water partition coefficient (Wildman–Crippen LogP) is 5.17. The molecule has 0 radical (unpaired) electrons. The quantitative estimate of drug-likeness (QED) is 0.419. The number of likely N-dealkylation sites (N-methyl/N-ethyl adjacent to an activating group) is 1. The molecule has 0 aromatic rings. The van der Waals surface area contributed by atoms with Gasteiger partial charge in [0, 0.05) is 0 Å². The normalized spacial score (nSPS) is 17.5. The van der Waals surface area contributed by atoms with Crippen molar-refractivity contribution in [2.24, 2.45) is 11.8 Å². The van der Waals surface area contributed by atoms with Crippen LogP contribution in [0.25, 0.3) is 0 Å².